The van der Waals surface area contributed by atoms with Gasteiger partial charge in [0.05, 0.1) is 11.4 Å². The number of anilines is 1. The molecule has 6 heteroatoms. The van der Waals surface area contributed by atoms with Gasteiger partial charge >= 0.3 is 0 Å². The number of carbonyl (C=O) groups excluding carboxylic acids is 1. The van der Waals surface area contributed by atoms with Gasteiger partial charge in [0, 0.05) is 11.3 Å². The average molecular weight is 300 g/mol. The zero-order chi connectivity index (χ0) is 14.5. The molecule has 0 saturated carbocycles. The van der Waals surface area contributed by atoms with Crippen molar-refractivity contribution in [3.05, 3.63) is 29.3 Å². The Bertz CT molecular complexity index is 490. The van der Waals surface area contributed by atoms with Gasteiger partial charge in [0.15, 0.2) is 0 Å². The van der Waals surface area contributed by atoms with Crippen LogP contribution in [0.1, 0.15) is 18.4 Å². The van der Waals surface area contributed by atoms with E-state index in [1.54, 1.807) is 11.8 Å². The Labute approximate surface area is 121 Å². The summed E-state index contributed by atoms with van der Waals surface area (Å²) in [6.45, 7) is 3.42. The molecule has 0 unspecified atom stereocenters. The molecule has 0 aromatic heterocycles. The minimum atomic E-state index is -0.607. The molecule has 1 amide bonds. The summed E-state index contributed by atoms with van der Waals surface area (Å²) in [5.41, 5.74) is 0.133. The number of amides is 1. The number of halogens is 2. The van der Waals surface area contributed by atoms with Gasteiger partial charge in [-0.3, -0.25) is 4.79 Å². The number of rotatable bonds is 4. The predicted molar refractivity (Wildman–Crippen MR) is 78.1 cm³/mol. The molecular weight excluding hydrogens is 282 g/mol. The number of hydrogen-bond donors (Lipinski definition) is 2. The van der Waals surface area contributed by atoms with E-state index in [4.69, 9.17) is 0 Å². The Hall–Kier alpha value is -1.14. The number of hydrogen-bond acceptors (Lipinski definition) is 3. The first-order valence-electron chi connectivity index (χ1n) is 6.64. The van der Waals surface area contributed by atoms with Crippen LogP contribution in [0, 0.1) is 18.6 Å². The Morgan fingerprint density at radius 1 is 1.35 bits per heavy atom. The van der Waals surface area contributed by atoms with E-state index in [0.717, 1.165) is 38.1 Å². The topological polar surface area (TPSA) is 41.1 Å². The lowest BCUT2D eigenvalue weighted by molar-refractivity contribution is -0.113. The second kappa shape index (κ2) is 7.04. The van der Waals surface area contributed by atoms with Gasteiger partial charge in [0.2, 0.25) is 5.91 Å². The summed E-state index contributed by atoms with van der Waals surface area (Å²) >= 11 is 1.57. The van der Waals surface area contributed by atoms with Crippen molar-refractivity contribution in [2.75, 3.05) is 24.2 Å². The maximum atomic E-state index is 13.6. The fraction of sp³-hybridized carbons (Fsp3) is 0.500. The molecule has 0 radical (unpaired) electrons. The van der Waals surface area contributed by atoms with Crippen molar-refractivity contribution in [1.82, 2.24) is 5.32 Å². The molecule has 2 rings (SSSR count). The number of benzene rings is 1. The molecule has 2 N–H and O–H groups in total. The second-order valence-corrected chi connectivity index (χ2v) is 6.18. The summed E-state index contributed by atoms with van der Waals surface area (Å²) in [7, 11) is 0. The predicted octanol–water partition coefficient (Wildman–Crippen LogP) is 2.70. The van der Waals surface area contributed by atoms with Crippen molar-refractivity contribution in [1.29, 1.82) is 0 Å². The lowest BCUT2D eigenvalue weighted by Gasteiger charge is -2.21. The molecular formula is C14H18F2N2OS. The molecule has 0 bridgehead atoms. The number of piperidine rings is 1. The summed E-state index contributed by atoms with van der Waals surface area (Å²) < 4.78 is 26.9. The molecule has 0 atom stereocenters. The van der Waals surface area contributed by atoms with Gasteiger partial charge in [-0.1, -0.05) is 0 Å². The quantitative estimate of drug-likeness (QED) is 0.898. The van der Waals surface area contributed by atoms with Gasteiger partial charge in [-0.2, -0.15) is 0 Å². The van der Waals surface area contributed by atoms with Crippen LogP contribution in [0.3, 0.4) is 0 Å². The lowest BCUT2D eigenvalue weighted by Crippen LogP contribution is -2.30. The van der Waals surface area contributed by atoms with E-state index in [9.17, 15) is 13.6 Å². The summed E-state index contributed by atoms with van der Waals surface area (Å²) in [5, 5.41) is 6.14. The lowest BCUT2D eigenvalue weighted by atomic mass is 10.2. The molecule has 1 heterocycles. The van der Waals surface area contributed by atoms with Crippen LogP contribution in [0.4, 0.5) is 14.5 Å². The van der Waals surface area contributed by atoms with Gasteiger partial charge in [0.25, 0.3) is 0 Å². The van der Waals surface area contributed by atoms with Crippen LogP contribution in [-0.2, 0) is 4.79 Å². The van der Waals surface area contributed by atoms with Crippen molar-refractivity contribution in [2.24, 2.45) is 0 Å². The van der Waals surface area contributed by atoms with E-state index >= 15 is 0 Å². The largest absolute Gasteiger partial charge is 0.323 e. The maximum absolute atomic E-state index is 13.6. The first kappa shape index (κ1) is 15.3. The first-order chi connectivity index (χ1) is 9.56. The molecule has 1 aromatic carbocycles. The molecule has 3 nitrogen and oxygen atoms in total. The van der Waals surface area contributed by atoms with E-state index in [1.807, 2.05) is 0 Å². The standard InChI is InChI=1S/C14H18F2N2OS/c1-9-6-12(16)13(7-11(9)15)18-14(19)8-20-10-2-4-17-5-3-10/h6-7,10,17H,2-5,8H2,1H3,(H,18,19). The Morgan fingerprint density at radius 2 is 2.05 bits per heavy atom. The summed E-state index contributed by atoms with van der Waals surface area (Å²) in [4.78, 5) is 11.8. The van der Waals surface area contributed by atoms with Gasteiger partial charge in [-0.05, 0) is 44.5 Å². The molecule has 1 aliphatic rings. The van der Waals surface area contributed by atoms with E-state index in [2.05, 4.69) is 10.6 Å². The molecule has 110 valence electrons. The molecule has 0 spiro atoms. The van der Waals surface area contributed by atoms with Crippen LogP contribution in [-0.4, -0.2) is 30.0 Å². The minimum absolute atomic E-state index is 0.0935. The van der Waals surface area contributed by atoms with Gasteiger partial charge in [-0.25, -0.2) is 8.78 Å². The highest BCUT2D eigenvalue weighted by molar-refractivity contribution is 8.00. The van der Waals surface area contributed by atoms with Crippen LogP contribution in [0.5, 0.6) is 0 Å². The van der Waals surface area contributed by atoms with E-state index in [1.165, 1.54) is 6.92 Å². The Morgan fingerprint density at radius 3 is 2.75 bits per heavy atom. The Kier molecular flexibility index (Phi) is 5.37. The third kappa shape index (κ3) is 4.18. The zero-order valence-corrected chi connectivity index (χ0v) is 12.2. The van der Waals surface area contributed by atoms with Crippen molar-refractivity contribution in [2.45, 2.75) is 25.0 Å². The van der Waals surface area contributed by atoms with Crippen LogP contribution in [0.2, 0.25) is 0 Å². The summed E-state index contributed by atoms with van der Waals surface area (Å²) in [6.07, 6.45) is 2.07. The smallest absolute Gasteiger partial charge is 0.234 e. The third-order valence-corrected chi connectivity index (χ3v) is 4.63. The number of carbonyl (C=O) groups is 1. The summed E-state index contributed by atoms with van der Waals surface area (Å²) in [5.74, 6) is -1.16. The highest BCUT2D eigenvalue weighted by Gasteiger charge is 2.16. The molecule has 0 aliphatic carbocycles. The minimum Gasteiger partial charge on any atom is -0.323 e. The zero-order valence-electron chi connectivity index (χ0n) is 11.3. The van der Waals surface area contributed by atoms with Crippen LogP contribution >= 0.6 is 11.8 Å². The van der Waals surface area contributed by atoms with Crippen LogP contribution < -0.4 is 10.6 Å². The second-order valence-electron chi connectivity index (χ2n) is 4.89. The number of nitrogens with one attached hydrogen (secondary N) is 2. The van der Waals surface area contributed by atoms with Crippen molar-refractivity contribution in [3.63, 3.8) is 0 Å². The average Bonchev–Trinajstić information content (AvgIpc) is 2.44. The first-order valence-corrected chi connectivity index (χ1v) is 7.69. The number of thioether (sulfide) groups is 1. The van der Waals surface area contributed by atoms with Crippen molar-refractivity contribution in [3.8, 4) is 0 Å². The monoisotopic (exact) mass is 300 g/mol. The Balaban J connectivity index is 1.86. The van der Waals surface area contributed by atoms with E-state index in [0.29, 0.717) is 5.25 Å². The van der Waals surface area contributed by atoms with E-state index in [-0.39, 0.29) is 22.9 Å². The van der Waals surface area contributed by atoms with E-state index < -0.39 is 11.6 Å². The van der Waals surface area contributed by atoms with Gasteiger partial charge in [0.1, 0.15) is 11.6 Å². The van der Waals surface area contributed by atoms with Gasteiger partial charge in [-0.15, -0.1) is 11.8 Å². The van der Waals surface area contributed by atoms with Crippen LogP contribution in [0.15, 0.2) is 12.1 Å². The molecule has 1 saturated heterocycles. The number of aryl methyl sites for hydroxylation is 1. The van der Waals surface area contributed by atoms with Gasteiger partial charge < -0.3 is 10.6 Å². The SMILES string of the molecule is Cc1cc(F)c(NC(=O)CSC2CCNCC2)cc1F. The maximum Gasteiger partial charge on any atom is 0.234 e. The van der Waals surface area contributed by atoms with Crippen molar-refractivity contribution < 1.29 is 13.6 Å². The van der Waals surface area contributed by atoms with Crippen LogP contribution in [0.25, 0.3) is 0 Å². The highest BCUT2D eigenvalue weighted by Crippen LogP contribution is 2.22. The molecule has 1 aliphatic heterocycles. The molecule has 1 aromatic rings. The molecule has 1 fully saturated rings. The fourth-order valence-electron chi connectivity index (χ4n) is 2.08. The normalized spacial score (nSPS) is 16.1. The molecule has 20 heavy (non-hydrogen) atoms. The fourth-order valence-corrected chi connectivity index (χ4v) is 3.11. The third-order valence-electron chi connectivity index (χ3n) is 3.26. The highest BCUT2D eigenvalue weighted by atomic mass is 32.2. The van der Waals surface area contributed by atoms with Crippen molar-refractivity contribution >= 4 is 23.4 Å². The summed E-state index contributed by atoms with van der Waals surface area (Å²) in [6, 6.07) is 2.11.